The van der Waals surface area contributed by atoms with Crippen molar-refractivity contribution in [2.24, 2.45) is 5.92 Å². The fourth-order valence-electron chi connectivity index (χ4n) is 2.65. The lowest BCUT2D eigenvalue weighted by Crippen LogP contribution is -2.49. The van der Waals surface area contributed by atoms with E-state index in [0.29, 0.717) is 12.2 Å². The van der Waals surface area contributed by atoms with Crippen LogP contribution in [0.5, 0.6) is 0 Å². The van der Waals surface area contributed by atoms with E-state index >= 15 is 0 Å². The predicted molar refractivity (Wildman–Crippen MR) is 68.9 cm³/mol. The lowest BCUT2D eigenvalue weighted by molar-refractivity contribution is -0.0932. The first-order chi connectivity index (χ1) is 8.19. The lowest BCUT2D eigenvalue weighted by Gasteiger charge is -2.37. The van der Waals surface area contributed by atoms with Crippen molar-refractivity contribution in [2.45, 2.75) is 50.9 Å². The lowest BCUT2D eigenvalue weighted by atomic mass is 10.1. The zero-order valence-electron chi connectivity index (χ0n) is 10.8. The molecule has 0 aromatic carbocycles. The number of aliphatic hydroxyl groups excluding tert-OH is 1. The summed E-state index contributed by atoms with van der Waals surface area (Å²) < 4.78 is 5.96. The quantitative estimate of drug-likeness (QED) is 0.718. The van der Waals surface area contributed by atoms with Crippen LogP contribution >= 0.6 is 0 Å². The number of rotatable bonds is 6. The van der Waals surface area contributed by atoms with Gasteiger partial charge < -0.3 is 9.84 Å². The zero-order valence-corrected chi connectivity index (χ0v) is 10.8. The summed E-state index contributed by atoms with van der Waals surface area (Å²) in [7, 11) is 0. The summed E-state index contributed by atoms with van der Waals surface area (Å²) in [5, 5.41) is 9.93. The largest absolute Gasteiger partial charge is 0.392 e. The molecular formula is C14H25NO2. The van der Waals surface area contributed by atoms with Crippen LogP contribution in [0.4, 0.5) is 0 Å². The predicted octanol–water partition coefficient (Wildman–Crippen LogP) is 1.81. The molecule has 1 aliphatic carbocycles. The molecule has 1 N–H and O–H groups in total. The molecule has 2 fully saturated rings. The third kappa shape index (κ3) is 4.09. The van der Waals surface area contributed by atoms with Crippen LogP contribution < -0.4 is 0 Å². The summed E-state index contributed by atoms with van der Waals surface area (Å²) in [6, 6.07) is 0. The molecule has 0 radical (unpaired) electrons. The molecule has 3 heteroatoms. The SMILES string of the molecule is C=CCCC(O)CN1CC(C)OC(C2CC2)C1. The van der Waals surface area contributed by atoms with Crippen molar-refractivity contribution in [1.29, 1.82) is 0 Å². The van der Waals surface area contributed by atoms with Gasteiger partial charge in [-0.05, 0) is 38.5 Å². The summed E-state index contributed by atoms with van der Waals surface area (Å²) in [4.78, 5) is 2.37. The molecule has 98 valence electrons. The molecule has 0 aromatic heterocycles. The molecule has 2 aliphatic rings. The number of morpholine rings is 1. The Morgan fingerprint density at radius 3 is 2.88 bits per heavy atom. The number of aliphatic hydroxyl groups is 1. The van der Waals surface area contributed by atoms with Gasteiger partial charge in [0.2, 0.25) is 0 Å². The van der Waals surface area contributed by atoms with Crippen LogP contribution in [-0.4, -0.2) is 48.0 Å². The molecule has 0 spiro atoms. The van der Waals surface area contributed by atoms with Gasteiger partial charge in [0.15, 0.2) is 0 Å². The Labute approximate surface area is 104 Å². The molecule has 1 saturated carbocycles. The van der Waals surface area contributed by atoms with Crippen molar-refractivity contribution in [3.05, 3.63) is 12.7 Å². The maximum absolute atomic E-state index is 9.93. The molecule has 0 amide bonds. The summed E-state index contributed by atoms with van der Waals surface area (Å²) in [5.74, 6) is 0.783. The molecule has 3 nitrogen and oxygen atoms in total. The van der Waals surface area contributed by atoms with Gasteiger partial charge in [-0.3, -0.25) is 4.90 Å². The topological polar surface area (TPSA) is 32.7 Å². The second-order valence-electron chi connectivity index (χ2n) is 5.56. The Morgan fingerprint density at radius 1 is 1.47 bits per heavy atom. The molecule has 1 saturated heterocycles. The van der Waals surface area contributed by atoms with E-state index in [-0.39, 0.29) is 6.10 Å². The maximum Gasteiger partial charge on any atom is 0.0734 e. The van der Waals surface area contributed by atoms with Gasteiger partial charge in [0.1, 0.15) is 0 Å². The van der Waals surface area contributed by atoms with Crippen LogP contribution in [0.1, 0.15) is 32.6 Å². The Balaban J connectivity index is 1.76. The zero-order chi connectivity index (χ0) is 12.3. The van der Waals surface area contributed by atoms with Crippen LogP contribution in [0, 0.1) is 5.92 Å². The highest BCUT2D eigenvalue weighted by atomic mass is 16.5. The second kappa shape index (κ2) is 5.98. The minimum atomic E-state index is -0.224. The number of allylic oxidation sites excluding steroid dienone is 1. The summed E-state index contributed by atoms with van der Waals surface area (Å²) in [6.45, 7) is 8.56. The molecule has 1 aliphatic heterocycles. The maximum atomic E-state index is 9.93. The summed E-state index contributed by atoms with van der Waals surface area (Å²) in [6.07, 6.45) is 6.73. The first-order valence-electron chi connectivity index (χ1n) is 6.85. The molecule has 17 heavy (non-hydrogen) atoms. The number of hydrogen-bond acceptors (Lipinski definition) is 3. The van der Waals surface area contributed by atoms with Gasteiger partial charge in [-0.1, -0.05) is 6.08 Å². The van der Waals surface area contributed by atoms with E-state index in [1.807, 2.05) is 6.08 Å². The Morgan fingerprint density at radius 2 is 2.24 bits per heavy atom. The Hall–Kier alpha value is -0.380. The minimum Gasteiger partial charge on any atom is -0.392 e. The molecular weight excluding hydrogens is 214 g/mol. The van der Waals surface area contributed by atoms with Crippen molar-refractivity contribution in [3.63, 3.8) is 0 Å². The highest BCUT2D eigenvalue weighted by molar-refractivity contribution is 4.88. The standard InChI is InChI=1S/C14H25NO2/c1-3-4-5-13(16)9-15-8-11(2)17-14(10-15)12-6-7-12/h3,11-14,16H,1,4-10H2,2H3. The van der Waals surface area contributed by atoms with Gasteiger partial charge in [0.25, 0.3) is 0 Å². The average Bonchev–Trinajstić information content (AvgIpc) is 3.09. The van der Waals surface area contributed by atoms with Crippen molar-refractivity contribution >= 4 is 0 Å². The number of hydrogen-bond donors (Lipinski definition) is 1. The highest BCUT2D eigenvalue weighted by Crippen LogP contribution is 2.36. The molecule has 2 rings (SSSR count). The normalized spacial score (nSPS) is 32.4. The minimum absolute atomic E-state index is 0.224. The van der Waals surface area contributed by atoms with Gasteiger partial charge in [-0.15, -0.1) is 6.58 Å². The van der Waals surface area contributed by atoms with E-state index in [9.17, 15) is 5.11 Å². The molecule has 0 bridgehead atoms. The molecule has 1 heterocycles. The first kappa shape index (κ1) is 13.1. The Bertz CT molecular complexity index is 253. The molecule has 0 aromatic rings. The summed E-state index contributed by atoms with van der Waals surface area (Å²) >= 11 is 0. The van der Waals surface area contributed by atoms with Crippen molar-refractivity contribution < 1.29 is 9.84 Å². The van der Waals surface area contributed by atoms with Gasteiger partial charge in [0, 0.05) is 19.6 Å². The Kier molecular flexibility index (Phi) is 4.60. The molecule has 3 atom stereocenters. The first-order valence-corrected chi connectivity index (χ1v) is 6.85. The third-order valence-corrected chi connectivity index (χ3v) is 3.68. The van der Waals surface area contributed by atoms with E-state index < -0.39 is 0 Å². The highest BCUT2D eigenvalue weighted by Gasteiger charge is 2.37. The monoisotopic (exact) mass is 239 g/mol. The van der Waals surface area contributed by atoms with Gasteiger partial charge in [0.05, 0.1) is 18.3 Å². The van der Waals surface area contributed by atoms with Gasteiger partial charge >= 0.3 is 0 Å². The number of ether oxygens (including phenoxy) is 1. The van der Waals surface area contributed by atoms with E-state index in [1.165, 1.54) is 12.8 Å². The van der Waals surface area contributed by atoms with E-state index in [0.717, 1.165) is 38.4 Å². The fraction of sp³-hybridized carbons (Fsp3) is 0.857. The van der Waals surface area contributed by atoms with Crippen LogP contribution in [0.15, 0.2) is 12.7 Å². The fourth-order valence-corrected chi connectivity index (χ4v) is 2.65. The second-order valence-corrected chi connectivity index (χ2v) is 5.56. The van der Waals surface area contributed by atoms with Crippen LogP contribution in [-0.2, 0) is 4.74 Å². The average molecular weight is 239 g/mol. The van der Waals surface area contributed by atoms with Gasteiger partial charge in [-0.25, -0.2) is 0 Å². The van der Waals surface area contributed by atoms with E-state index in [1.54, 1.807) is 0 Å². The molecule has 3 unspecified atom stereocenters. The van der Waals surface area contributed by atoms with Crippen molar-refractivity contribution in [2.75, 3.05) is 19.6 Å². The van der Waals surface area contributed by atoms with E-state index in [4.69, 9.17) is 4.74 Å². The summed E-state index contributed by atoms with van der Waals surface area (Å²) in [5.41, 5.74) is 0. The van der Waals surface area contributed by atoms with Crippen molar-refractivity contribution in [3.8, 4) is 0 Å². The smallest absolute Gasteiger partial charge is 0.0734 e. The number of β-amino-alcohol motifs (C(OH)–C–C–N with tert-alkyl or cyclic N) is 1. The van der Waals surface area contributed by atoms with Crippen LogP contribution in [0.2, 0.25) is 0 Å². The van der Waals surface area contributed by atoms with Crippen molar-refractivity contribution in [1.82, 2.24) is 4.90 Å². The third-order valence-electron chi connectivity index (χ3n) is 3.68. The van der Waals surface area contributed by atoms with E-state index in [2.05, 4.69) is 18.4 Å². The van der Waals surface area contributed by atoms with Crippen LogP contribution in [0.3, 0.4) is 0 Å². The van der Waals surface area contributed by atoms with Crippen LogP contribution in [0.25, 0.3) is 0 Å². The number of nitrogens with zero attached hydrogens (tertiary/aromatic N) is 1. The van der Waals surface area contributed by atoms with Gasteiger partial charge in [-0.2, -0.15) is 0 Å².